The van der Waals surface area contributed by atoms with E-state index in [-0.39, 0.29) is 22.6 Å². The molecule has 3 aromatic rings. The molecule has 3 amide bonds. The molecule has 0 saturated carbocycles. The Kier molecular flexibility index (Phi) is 9.46. The number of nitrogens with one attached hydrogen (secondary N) is 3. The van der Waals surface area contributed by atoms with E-state index in [2.05, 4.69) is 10.7 Å². The van der Waals surface area contributed by atoms with Gasteiger partial charge in [0.05, 0.1) is 11.1 Å². The molecular weight excluding hydrogens is 510 g/mol. The molecule has 3 aromatic carbocycles. The molecule has 0 aliphatic rings. The van der Waals surface area contributed by atoms with Crippen LogP contribution in [0.25, 0.3) is 0 Å². The molecule has 2 atom stereocenters. The Morgan fingerprint density at radius 2 is 1.13 bits per heavy atom. The third-order valence-electron chi connectivity index (χ3n) is 5.03. The number of carbonyl (C=O) groups excluding carboxylic acids is 5. The summed E-state index contributed by atoms with van der Waals surface area (Å²) in [6.07, 6.45) is -4.45. The van der Waals surface area contributed by atoms with Gasteiger partial charge in [-0.25, -0.2) is 14.4 Å². The van der Waals surface area contributed by atoms with Gasteiger partial charge in [0.2, 0.25) is 18.1 Å². The second-order valence-electron chi connectivity index (χ2n) is 7.92. The van der Waals surface area contributed by atoms with Crippen molar-refractivity contribution in [3.8, 4) is 0 Å². The number of hydrogen-bond donors (Lipinski definition) is 4. The number of anilines is 1. The molecule has 0 bridgehead atoms. The standard InChI is InChI=1S/C27H23N3O9/c1-16(31)28-20-14-12-17(13-15-20)23(32)29-30-24(33)21(38-26(36)18-8-4-2-5-9-18)22(25(34)35)39-27(37)19-10-6-3-7-11-19/h2-15,21-22H,1H3,(H,28,31)(H,29,32)(H,30,33)(H,34,35)/t21-,22+/m0/s1. The first kappa shape index (κ1) is 28.1. The Labute approximate surface area is 221 Å². The summed E-state index contributed by atoms with van der Waals surface area (Å²) < 4.78 is 10.2. The van der Waals surface area contributed by atoms with Crippen molar-refractivity contribution < 1.29 is 43.3 Å². The third-order valence-corrected chi connectivity index (χ3v) is 5.03. The highest BCUT2D eigenvalue weighted by Gasteiger charge is 2.41. The molecule has 39 heavy (non-hydrogen) atoms. The van der Waals surface area contributed by atoms with Gasteiger partial charge in [-0.3, -0.25) is 25.2 Å². The van der Waals surface area contributed by atoms with E-state index in [1.807, 2.05) is 5.43 Å². The van der Waals surface area contributed by atoms with Gasteiger partial charge in [-0.15, -0.1) is 0 Å². The Hall–Kier alpha value is -5.52. The second-order valence-corrected chi connectivity index (χ2v) is 7.92. The van der Waals surface area contributed by atoms with Crippen molar-refractivity contribution in [2.75, 3.05) is 5.32 Å². The number of amides is 3. The van der Waals surface area contributed by atoms with Gasteiger partial charge >= 0.3 is 17.9 Å². The first-order valence-electron chi connectivity index (χ1n) is 11.4. The number of carboxylic acid groups (broad SMARTS) is 1. The van der Waals surface area contributed by atoms with E-state index < -0.39 is 41.9 Å². The van der Waals surface area contributed by atoms with Gasteiger partial charge in [0.1, 0.15) is 0 Å². The minimum absolute atomic E-state index is 0.00267. The molecule has 4 N–H and O–H groups in total. The predicted molar refractivity (Wildman–Crippen MR) is 135 cm³/mol. The molecule has 0 unspecified atom stereocenters. The number of rotatable bonds is 9. The smallest absolute Gasteiger partial charge is 0.349 e. The highest BCUT2D eigenvalue weighted by molar-refractivity contribution is 5.99. The van der Waals surface area contributed by atoms with Crippen LogP contribution in [0, 0.1) is 0 Å². The van der Waals surface area contributed by atoms with Crippen LogP contribution < -0.4 is 16.2 Å². The summed E-state index contributed by atoms with van der Waals surface area (Å²) in [6.45, 7) is 1.32. The van der Waals surface area contributed by atoms with Crippen LogP contribution in [-0.2, 0) is 23.9 Å². The second kappa shape index (κ2) is 13.1. The molecule has 0 aromatic heterocycles. The van der Waals surface area contributed by atoms with Crippen molar-refractivity contribution >= 4 is 41.3 Å². The van der Waals surface area contributed by atoms with Crippen LogP contribution in [-0.4, -0.2) is 52.9 Å². The largest absolute Gasteiger partial charge is 0.478 e. The lowest BCUT2D eigenvalue weighted by atomic mass is 10.1. The van der Waals surface area contributed by atoms with Gasteiger partial charge in [0, 0.05) is 18.2 Å². The number of aliphatic carboxylic acids is 1. The van der Waals surface area contributed by atoms with Crippen LogP contribution in [0.1, 0.15) is 38.0 Å². The van der Waals surface area contributed by atoms with E-state index in [9.17, 15) is 33.9 Å². The van der Waals surface area contributed by atoms with Crippen LogP contribution in [0.15, 0.2) is 84.9 Å². The Bertz CT molecular complexity index is 1360. The summed E-state index contributed by atoms with van der Waals surface area (Å²) in [5.41, 5.74) is 4.57. The zero-order valence-electron chi connectivity index (χ0n) is 20.5. The summed E-state index contributed by atoms with van der Waals surface area (Å²) >= 11 is 0. The van der Waals surface area contributed by atoms with Gasteiger partial charge < -0.3 is 19.9 Å². The zero-order valence-corrected chi connectivity index (χ0v) is 20.5. The van der Waals surface area contributed by atoms with Crippen LogP contribution in [0.4, 0.5) is 5.69 Å². The topological polar surface area (TPSA) is 177 Å². The lowest BCUT2D eigenvalue weighted by Crippen LogP contribution is -2.54. The molecule has 0 fully saturated rings. The zero-order chi connectivity index (χ0) is 28.4. The van der Waals surface area contributed by atoms with Crippen LogP contribution in [0.5, 0.6) is 0 Å². The first-order valence-corrected chi connectivity index (χ1v) is 11.4. The van der Waals surface area contributed by atoms with Crippen molar-refractivity contribution in [2.45, 2.75) is 19.1 Å². The maximum absolute atomic E-state index is 13.0. The SMILES string of the molecule is CC(=O)Nc1ccc(C(=O)NNC(=O)[C@@H](OC(=O)c2ccccc2)[C@@H](OC(=O)c2ccccc2)C(=O)O)cc1. The van der Waals surface area contributed by atoms with Crippen LogP contribution in [0.3, 0.4) is 0 Å². The molecule has 0 spiro atoms. The van der Waals surface area contributed by atoms with E-state index >= 15 is 0 Å². The number of esters is 2. The lowest BCUT2D eigenvalue weighted by molar-refractivity contribution is -0.159. The molecule has 0 aliphatic carbocycles. The molecule has 200 valence electrons. The van der Waals surface area contributed by atoms with Gasteiger partial charge in [0.25, 0.3) is 11.8 Å². The predicted octanol–water partition coefficient (Wildman–Crippen LogP) is 1.94. The van der Waals surface area contributed by atoms with E-state index in [1.165, 1.54) is 79.7 Å². The first-order chi connectivity index (χ1) is 18.7. The normalized spacial score (nSPS) is 11.7. The van der Waals surface area contributed by atoms with Crippen molar-refractivity contribution in [1.29, 1.82) is 0 Å². The summed E-state index contributed by atoms with van der Waals surface area (Å²) in [7, 11) is 0. The maximum Gasteiger partial charge on any atom is 0.349 e. The summed E-state index contributed by atoms with van der Waals surface area (Å²) in [5.74, 6) is -6.33. The molecule has 0 saturated heterocycles. The molecule has 0 heterocycles. The van der Waals surface area contributed by atoms with Crippen molar-refractivity contribution in [3.05, 3.63) is 102 Å². The average molecular weight is 533 g/mol. The molecule has 12 heteroatoms. The van der Waals surface area contributed by atoms with Crippen LogP contribution >= 0.6 is 0 Å². The third kappa shape index (κ3) is 7.98. The number of hydrogen-bond acceptors (Lipinski definition) is 8. The maximum atomic E-state index is 13.0. The number of benzene rings is 3. The van der Waals surface area contributed by atoms with Gasteiger partial charge in [-0.05, 0) is 48.5 Å². The van der Waals surface area contributed by atoms with Crippen LogP contribution in [0.2, 0.25) is 0 Å². The van der Waals surface area contributed by atoms with Crippen molar-refractivity contribution in [1.82, 2.24) is 10.9 Å². The number of carboxylic acids is 1. The Balaban J connectivity index is 1.79. The van der Waals surface area contributed by atoms with Gasteiger partial charge in [-0.2, -0.15) is 0 Å². The van der Waals surface area contributed by atoms with Crippen molar-refractivity contribution in [3.63, 3.8) is 0 Å². The summed E-state index contributed by atoms with van der Waals surface area (Å²) in [6, 6.07) is 20.4. The molecule has 12 nitrogen and oxygen atoms in total. The van der Waals surface area contributed by atoms with Gasteiger partial charge in [0.15, 0.2) is 0 Å². The van der Waals surface area contributed by atoms with Crippen molar-refractivity contribution in [2.24, 2.45) is 0 Å². The minimum atomic E-state index is -2.26. The average Bonchev–Trinajstić information content (AvgIpc) is 2.94. The fourth-order valence-corrected chi connectivity index (χ4v) is 3.18. The Morgan fingerprint density at radius 3 is 1.59 bits per heavy atom. The number of hydrazine groups is 1. The molecular formula is C27H23N3O9. The fraction of sp³-hybridized carbons (Fsp3) is 0.111. The summed E-state index contributed by atoms with van der Waals surface area (Å²) in [4.78, 5) is 73.8. The number of carbonyl (C=O) groups is 6. The summed E-state index contributed by atoms with van der Waals surface area (Å²) in [5, 5.41) is 12.3. The monoisotopic (exact) mass is 533 g/mol. The van der Waals surface area contributed by atoms with E-state index in [0.29, 0.717) is 5.69 Å². The molecule has 0 aliphatic heterocycles. The fourth-order valence-electron chi connectivity index (χ4n) is 3.18. The molecule has 3 rings (SSSR count). The highest BCUT2D eigenvalue weighted by atomic mass is 16.6. The highest BCUT2D eigenvalue weighted by Crippen LogP contribution is 2.14. The van der Waals surface area contributed by atoms with E-state index in [0.717, 1.165) is 0 Å². The van der Waals surface area contributed by atoms with Gasteiger partial charge in [-0.1, -0.05) is 36.4 Å². The Morgan fingerprint density at radius 1 is 0.641 bits per heavy atom. The van der Waals surface area contributed by atoms with E-state index in [1.54, 1.807) is 12.1 Å². The quantitative estimate of drug-likeness (QED) is 0.236. The van der Waals surface area contributed by atoms with E-state index in [4.69, 9.17) is 9.47 Å². The lowest BCUT2D eigenvalue weighted by Gasteiger charge is -2.23. The minimum Gasteiger partial charge on any atom is -0.478 e. The molecule has 0 radical (unpaired) electrons. The number of ether oxygens (including phenoxy) is 2.